The largest absolute Gasteiger partial charge is 0.382 e. The van der Waals surface area contributed by atoms with Crippen molar-refractivity contribution in [1.29, 1.82) is 0 Å². The smallest absolute Gasteiger partial charge is 0.0701 e. The molecule has 0 radical (unpaired) electrons. The molecule has 5 heteroatoms. The van der Waals surface area contributed by atoms with E-state index in [-0.39, 0.29) is 0 Å². The zero-order chi connectivity index (χ0) is 14.3. The van der Waals surface area contributed by atoms with Gasteiger partial charge in [-0.15, -0.1) is 0 Å². The molecule has 0 aliphatic rings. The number of hydrogen-bond donors (Lipinski definition) is 1. The van der Waals surface area contributed by atoms with Gasteiger partial charge >= 0.3 is 0 Å². The Hall–Kier alpha value is -0.200. The molecule has 19 heavy (non-hydrogen) atoms. The Morgan fingerprint density at radius 1 is 0.895 bits per heavy atom. The number of rotatable bonds is 14. The van der Waals surface area contributed by atoms with Crippen LogP contribution in [0.4, 0.5) is 0 Å². The highest BCUT2D eigenvalue weighted by atomic mass is 16.6. The molecule has 0 bridgehead atoms. The van der Waals surface area contributed by atoms with Crippen LogP contribution in [0, 0.1) is 5.92 Å². The van der Waals surface area contributed by atoms with Gasteiger partial charge in [-0.25, -0.2) is 0 Å². The Labute approximate surface area is 117 Å². The minimum atomic E-state index is 0.419. The van der Waals surface area contributed by atoms with Gasteiger partial charge in [0.15, 0.2) is 0 Å². The highest BCUT2D eigenvalue weighted by Gasteiger charge is 2.13. The predicted octanol–water partition coefficient (Wildman–Crippen LogP) is 1.32. The number of hydrogen-bond acceptors (Lipinski definition) is 5. The monoisotopic (exact) mass is 277 g/mol. The summed E-state index contributed by atoms with van der Waals surface area (Å²) in [7, 11) is 3.64. The lowest BCUT2D eigenvalue weighted by molar-refractivity contribution is -0.000993. The second kappa shape index (κ2) is 14.2. The summed E-state index contributed by atoms with van der Waals surface area (Å²) in [5.41, 5.74) is 0. The molecule has 2 unspecified atom stereocenters. The Morgan fingerprint density at radius 3 is 1.89 bits per heavy atom. The first kappa shape index (κ1) is 18.8. The van der Waals surface area contributed by atoms with Crippen LogP contribution < -0.4 is 5.32 Å². The van der Waals surface area contributed by atoms with Gasteiger partial charge in [0, 0.05) is 13.2 Å². The van der Waals surface area contributed by atoms with Gasteiger partial charge in [0.1, 0.15) is 0 Å². The Balaban J connectivity index is 3.25. The van der Waals surface area contributed by atoms with Gasteiger partial charge in [-0.1, -0.05) is 20.3 Å². The van der Waals surface area contributed by atoms with E-state index < -0.39 is 0 Å². The summed E-state index contributed by atoms with van der Waals surface area (Å²) in [6.07, 6.45) is 1.16. The maximum Gasteiger partial charge on any atom is 0.0701 e. The van der Waals surface area contributed by atoms with Crippen molar-refractivity contribution < 1.29 is 18.9 Å². The van der Waals surface area contributed by atoms with Crippen molar-refractivity contribution in [1.82, 2.24) is 5.32 Å². The Bertz CT molecular complexity index is 181. The SMILES string of the molecule is CCC(C)C(COCCOCCOCCOC)NC. The van der Waals surface area contributed by atoms with Crippen LogP contribution in [0.25, 0.3) is 0 Å². The molecule has 5 nitrogen and oxygen atoms in total. The summed E-state index contributed by atoms with van der Waals surface area (Å²) >= 11 is 0. The van der Waals surface area contributed by atoms with Crippen molar-refractivity contribution >= 4 is 0 Å². The van der Waals surface area contributed by atoms with E-state index in [2.05, 4.69) is 19.2 Å². The molecule has 0 aromatic rings. The highest BCUT2D eigenvalue weighted by molar-refractivity contribution is 4.69. The molecular weight excluding hydrogens is 246 g/mol. The maximum absolute atomic E-state index is 5.61. The summed E-state index contributed by atoms with van der Waals surface area (Å²) in [6, 6.07) is 0.419. The molecule has 0 aliphatic heterocycles. The number of likely N-dealkylation sites (N-methyl/N-ethyl adjacent to an activating group) is 1. The van der Waals surface area contributed by atoms with Gasteiger partial charge in [-0.3, -0.25) is 0 Å². The lowest BCUT2D eigenvalue weighted by atomic mass is 10.0. The van der Waals surface area contributed by atoms with Crippen LogP contribution >= 0.6 is 0 Å². The van der Waals surface area contributed by atoms with E-state index in [1.54, 1.807) is 7.11 Å². The number of nitrogens with one attached hydrogen (secondary N) is 1. The van der Waals surface area contributed by atoms with E-state index in [1.807, 2.05) is 7.05 Å². The summed E-state index contributed by atoms with van der Waals surface area (Å²) in [4.78, 5) is 0. The Morgan fingerprint density at radius 2 is 1.42 bits per heavy atom. The fourth-order valence-electron chi connectivity index (χ4n) is 1.61. The van der Waals surface area contributed by atoms with Crippen molar-refractivity contribution in [3.8, 4) is 0 Å². The van der Waals surface area contributed by atoms with Gasteiger partial charge in [0.25, 0.3) is 0 Å². The zero-order valence-corrected chi connectivity index (χ0v) is 12.9. The van der Waals surface area contributed by atoms with E-state index in [0.29, 0.717) is 51.6 Å². The average Bonchev–Trinajstić information content (AvgIpc) is 2.44. The summed E-state index contributed by atoms with van der Waals surface area (Å²) in [5, 5.41) is 3.29. The van der Waals surface area contributed by atoms with Crippen LogP contribution in [0.15, 0.2) is 0 Å². The number of ether oxygens (including phenoxy) is 4. The van der Waals surface area contributed by atoms with Crippen LogP contribution in [-0.2, 0) is 18.9 Å². The molecule has 0 saturated heterocycles. The van der Waals surface area contributed by atoms with E-state index in [0.717, 1.165) is 13.0 Å². The third-order valence-corrected chi connectivity index (χ3v) is 3.17. The zero-order valence-electron chi connectivity index (χ0n) is 12.9. The van der Waals surface area contributed by atoms with Crippen LogP contribution in [0.3, 0.4) is 0 Å². The third kappa shape index (κ3) is 11.3. The van der Waals surface area contributed by atoms with E-state index in [4.69, 9.17) is 18.9 Å². The molecule has 0 aromatic heterocycles. The third-order valence-electron chi connectivity index (χ3n) is 3.17. The first-order chi connectivity index (χ1) is 9.26. The molecule has 116 valence electrons. The molecular formula is C14H31NO4. The Kier molecular flexibility index (Phi) is 14.1. The van der Waals surface area contributed by atoms with Gasteiger partial charge in [-0.2, -0.15) is 0 Å². The van der Waals surface area contributed by atoms with Crippen molar-refractivity contribution in [3.05, 3.63) is 0 Å². The molecule has 0 amide bonds. The minimum absolute atomic E-state index is 0.419. The van der Waals surface area contributed by atoms with Crippen molar-refractivity contribution in [2.75, 3.05) is 60.4 Å². The predicted molar refractivity (Wildman–Crippen MR) is 76.6 cm³/mol. The second-order valence-corrected chi connectivity index (χ2v) is 4.57. The quantitative estimate of drug-likeness (QED) is 0.485. The summed E-state index contributed by atoms with van der Waals surface area (Å²) in [5.74, 6) is 0.625. The highest BCUT2D eigenvalue weighted by Crippen LogP contribution is 2.07. The van der Waals surface area contributed by atoms with Gasteiger partial charge in [-0.05, 0) is 13.0 Å². The van der Waals surface area contributed by atoms with Crippen molar-refractivity contribution in [3.63, 3.8) is 0 Å². The molecule has 0 spiro atoms. The molecule has 0 fully saturated rings. The lowest BCUT2D eigenvalue weighted by Crippen LogP contribution is -2.36. The average molecular weight is 277 g/mol. The van der Waals surface area contributed by atoms with E-state index in [1.165, 1.54) is 0 Å². The van der Waals surface area contributed by atoms with Crippen molar-refractivity contribution in [2.45, 2.75) is 26.3 Å². The topological polar surface area (TPSA) is 49.0 Å². The second-order valence-electron chi connectivity index (χ2n) is 4.57. The molecule has 0 saturated carbocycles. The van der Waals surface area contributed by atoms with Crippen LogP contribution in [-0.4, -0.2) is 66.4 Å². The molecule has 0 rings (SSSR count). The lowest BCUT2D eigenvalue weighted by Gasteiger charge is -2.22. The molecule has 0 aromatic carbocycles. The molecule has 0 heterocycles. The van der Waals surface area contributed by atoms with Crippen LogP contribution in [0.1, 0.15) is 20.3 Å². The summed E-state index contributed by atoms with van der Waals surface area (Å²) in [6.45, 7) is 8.87. The molecule has 2 atom stereocenters. The van der Waals surface area contributed by atoms with Crippen LogP contribution in [0.2, 0.25) is 0 Å². The fourth-order valence-corrected chi connectivity index (χ4v) is 1.61. The minimum Gasteiger partial charge on any atom is -0.382 e. The van der Waals surface area contributed by atoms with Gasteiger partial charge in [0.05, 0.1) is 46.2 Å². The van der Waals surface area contributed by atoms with Crippen LogP contribution in [0.5, 0.6) is 0 Å². The van der Waals surface area contributed by atoms with Gasteiger partial charge < -0.3 is 24.3 Å². The number of methoxy groups -OCH3 is 1. The normalized spacial score (nSPS) is 14.5. The molecule has 1 N–H and O–H groups in total. The standard InChI is InChI=1S/C14H31NO4/c1-5-13(2)14(15-3)12-19-11-10-18-9-8-17-7-6-16-4/h13-15H,5-12H2,1-4H3. The first-order valence-electron chi connectivity index (χ1n) is 7.15. The van der Waals surface area contributed by atoms with E-state index >= 15 is 0 Å². The molecule has 0 aliphatic carbocycles. The summed E-state index contributed by atoms with van der Waals surface area (Å²) < 4.78 is 21.2. The van der Waals surface area contributed by atoms with E-state index in [9.17, 15) is 0 Å². The van der Waals surface area contributed by atoms with Gasteiger partial charge in [0.2, 0.25) is 0 Å². The van der Waals surface area contributed by atoms with Crippen molar-refractivity contribution in [2.24, 2.45) is 5.92 Å². The first-order valence-corrected chi connectivity index (χ1v) is 7.15. The maximum atomic E-state index is 5.61. The fraction of sp³-hybridized carbons (Fsp3) is 1.00.